The van der Waals surface area contributed by atoms with E-state index >= 15 is 0 Å². The molecule has 0 aromatic carbocycles. The number of ether oxygens (including phenoxy) is 1. The van der Waals surface area contributed by atoms with E-state index in [4.69, 9.17) is 10.5 Å². The molecule has 25 heavy (non-hydrogen) atoms. The second-order valence-electron chi connectivity index (χ2n) is 5.94. The Morgan fingerprint density at radius 3 is 2.28 bits per heavy atom. The molecule has 2 N–H and O–H groups in total. The van der Waals surface area contributed by atoms with Gasteiger partial charge in [0.2, 0.25) is 5.91 Å². The van der Waals surface area contributed by atoms with E-state index in [9.17, 15) is 27.6 Å². The molecule has 0 radical (unpaired) electrons. The first-order valence-corrected chi connectivity index (χ1v) is 7.54. The number of amides is 2. The fourth-order valence-corrected chi connectivity index (χ4v) is 2.79. The lowest BCUT2D eigenvalue weighted by molar-refractivity contribution is -0.149. The minimum atomic E-state index is -4.86. The van der Waals surface area contributed by atoms with E-state index in [1.54, 1.807) is 13.8 Å². The van der Waals surface area contributed by atoms with Crippen molar-refractivity contribution >= 4 is 11.8 Å². The zero-order valence-corrected chi connectivity index (χ0v) is 13.7. The van der Waals surface area contributed by atoms with Gasteiger partial charge in [0.05, 0.1) is 12.2 Å². The highest BCUT2D eigenvalue weighted by Crippen LogP contribution is 2.28. The Labute approximate surface area is 141 Å². The molecule has 1 aromatic rings. The third kappa shape index (κ3) is 4.19. The first kappa shape index (κ1) is 19.0. The summed E-state index contributed by atoms with van der Waals surface area (Å²) in [6.45, 7) is 3.03. The van der Waals surface area contributed by atoms with E-state index in [-0.39, 0.29) is 29.9 Å². The van der Waals surface area contributed by atoms with Crippen molar-refractivity contribution in [3.63, 3.8) is 0 Å². The van der Waals surface area contributed by atoms with Gasteiger partial charge in [-0.2, -0.15) is 13.2 Å². The van der Waals surface area contributed by atoms with Crippen molar-refractivity contribution in [3.8, 4) is 0 Å². The molecular weight excluding hydrogens is 343 g/mol. The van der Waals surface area contributed by atoms with Gasteiger partial charge >= 0.3 is 6.18 Å². The second kappa shape index (κ2) is 6.87. The molecule has 1 aromatic heterocycles. The van der Waals surface area contributed by atoms with Crippen molar-refractivity contribution in [2.45, 2.75) is 38.8 Å². The highest BCUT2D eigenvalue weighted by molar-refractivity contribution is 5.92. The number of hydrogen-bond acceptors (Lipinski definition) is 4. The van der Waals surface area contributed by atoms with E-state index < -0.39 is 41.4 Å². The Bertz CT molecular complexity index is 735. The Morgan fingerprint density at radius 2 is 1.80 bits per heavy atom. The second-order valence-corrected chi connectivity index (χ2v) is 5.94. The number of morpholine rings is 1. The highest BCUT2D eigenvalue weighted by atomic mass is 19.4. The third-order valence-electron chi connectivity index (χ3n) is 3.80. The maximum Gasteiger partial charge on any atom is 0.431 e. The topological polar surface area (TPSA) is 94.6 Å². The Kier molecular flexibility index (Phi) is 5.21. The number of primary amides is 1. The number of alkyl halides is 3. The molecule has 1 aliphatic heterocycles. The number of pyridine rings is 1. The summed E-state index contributed by atoms with van der Waals surface area (Å²) >= 11 is 0. The van der Waals surface area contributed by atoms with Gasteiger partial charge in [0.25, 0.3) is 11.5 Å². The summed E-state index contributed by atoms with van der Waals surface area (Å²) < 4.78 is 45.2. The molecule has 0 unspecified atom stereocenters. The van der Waals surface area contributed by atoms with Crippen LogP contribution in [0.15, 0.2) is 16.9 Å². The summed E-state index contributed by atoms with van der Waals surface area (Å²) in [6.07, 6.45) is -5.41. The normalized spacial score (nSPS) is 21.2. The lowest BCUT2D eigenvalue weighted by Crippen LogP contribution is -2.50. The van der Waals surface area contributed by atoms with Crippen molar-refractivity contribution in [1.82, 2.24) is 9.47 Å². The predicted molar refractivity (Wildman–Crippen MR) is 80.8 cm³/mol. The number of rotatable bonds is 3. The molecule has 1 fully saturated rings. The molecule has 7 nitrogen and oxygen atoms in total. The van der Waals surface area contributed by atoms with Gasteiger partial charge in [-0.05, 0) is 26.0 Å². The molecule has 138 valence electrons. The molecule has 1 saturated heterocycles. The number of carbonyl (C=O) groups excluding carboxylic acids is 2. The lowest BCUT2D eigenvalue weighted by atomic mass is 10.2. The molecule has 0 bridgehead atoms. The lowest BCUT2D eigenvalue weighted by Gasteiger charge is -2.35. The van der Waals surface area contributed by atoms with Crippen LogP contribution in [0.1, 0.15) is 29.9 Å². The maximum absolute atomic E-state index is 13.2. The van der Waals surface area contributed by atoms with Crippen LogP contribution in [-0.2, 0) is 22.3 Å². The molecular formula is C15H18F3N3O4. The molecule has 0 aliphatic carbocycles. The van der Waals surface area contributed by atoms with Crippen molar-refractivity contribution in [2.75, 3.05) is 13.1 Å². The number of hydrogen-bond donors (Lipinski definition) is 1. The predicted octanol–water partition coefficient (Wildman–Crippen LogP) is 0.602. The summed E-state index contributed by atoms with van der Waals surface area (Å²) in [5.41, 5.74) is 1.84. The first-order chi connectivity index (χ1) is 11.5. The van der Waals surface area contributed by atoms with Crippen molar-refractivity contribution < 1.29 is 27.5 Å². The Hall–Kier alpha value is -2.36. The van der Waals surface area contributed by atoms with Crippen molar-refractivity contribution in [2.24, 2.45) is 5.73 Å². The first-order valence-electron chi connectivity index (χ1n) is 7.54. The minimum Gasteiger partial charge on any atom is -0.372 e. The standard InChI is InChI=1S/C15H18F3N3O4/c1-8-5-20(6-9(2)25-8)12(22)7-21-11(15(16,17)18)4-3-10(13(19)23)14(21)24/h3-4,8-9H,5-7H2,1-2H3,(H2,19,23)/t8-,9-/m0/s1. The van der Waals surface area contributed by atoms with Crippen LogP contribution in [0.3, 0.4) is 0 Å². The minimum absolute atomic E-state index is 0.203. The average molecular weight is 361 g/mol. The summed E-state index contributed by atoms with van der Waals surface area (Å²) in [4.78, 5) is 37.1. The van der Waals surface area contributed by atoms with Crippen molar-refractivity contribution in [3.05, 3.63) is 33.7 Å². The summed E-state index contributed by atoms with van der Waals surface area (Å²) in [7, 11) is 0. The molecule has 2 rings (SSSR count). The van der Waals surface area contributed by atoms with Crippen LogP contribution in [0.25, 0.3) is 0 Å². The zero-order valence-electron chi connectivity index (χ0n) is 13.7. The van der Waals surface area contributed by atoms with Gasteiger partial charge in [0, 0.05) is 13.1 Å². The molecule has 2 heterocycles. The number of nitrogens with zero attached hydrogens (tertiary/aromatic N) is 2. The molecule has 1 aliphatic rings. The van der Waals surface area contributed by atoms with E-state index in [0.717, 1.165) is 0 Å². The fraction of sp³-hybridized carbons (Fsp3) is 0.533. The van der Waals surface area contributed by atoms with Crippen LogP contribution in [0.4, 0.5) is 13.2 Å². The number of aromatic nitrogens is 1. The highest BCUT2D eigenvalue weighted by Gasteiger charge is 2.36. The largest absolute Gasteiger partial charge is 0.431 e. The Balaban J connectivity index is 2.40. The van der Waals surface area contributed by atoms with Crippen LogP contribution in [0.5, 0.6) is 0 Å². The number of carbonyl (C=O) groups is 2. The van der Waals surface area contributed by atoms with Gasteiger partial charge < -0.3 is 15.4 Å². The molecule has 2 atom stereocenters. The summed E-state index contributed by atoms with van der Waals surface area (Å²) in [5.74, 6) is -1.83. The van der Waals surface area contributed by atoms with Crippen LogP contribution in [0, 0.1) is 0 Å². The van der Waals surface area contributed by atoms with Gasteiger partial charge in [-0.25, -0.2) is 0 Å². The van der Waals surface area contributed by atoms with Gasteiger partial charge in [0.1, 0.15) is 17.8 Å². The molecule has 10 heteroatoms. The average Bonchev–Trinajstić information content (AvgIpc) is 2.46. The van der Waals surface area contributed by atoms with E-state index in [1.165, 1.54) is 4.90 Å². The monoisotopic (exact) mass is 361 g/mol. The number of nitrogens with two attached hydrogens (primary N) is 1. The fourth-order valence-electron chi connectivity index (χ4n) is 2.79. The number of halogens is 3. The van der Waals surface area contributed by atoms with Gasteiger partial charge in [-0.1, -0.05) is 0 Å². The van der Waals surface area contributed by atoms with Crippen molar-refractivity contribution in [1.29, 1.82) is 0 Å². The smallest absolute Gasteiger partial charge is 0.372 e. The summed E-state index contributed by atoms with van der Waals surface area (Å²) in [6, 6.07) is 1.28. The molecule has 0 spiro atoms. The van der Waals surface area contributed by atoms with E-state index in [0.29, 0.717) is 12.1 Å². The van der Waals surface area contributed by atoms with Crippen LogP contribution >= 0.6 is 0 Å². The maximum atomic E-state index is 13.2. The summed E-state index contributed by atoms with van der Waals surface area (Å²) in [5, 5.41) is 0. The van der Waals surface area contributed by atoms with Gasteiger partial charge in [0.15, 0.2) is 0 Å². The van der Waals surface area contributed by atoms with Crippen LogP contribution in [-0.4, -0.2) is 46.6 Å². The van der Waals surface area contributed by atoms with Gasteiger partial charge in [-0.15, -0.1) is 0 Å². The molecule has 2 amide bonds. The Morgan fingerprint density at radius 1 is 1.24 bits per heavy atom. The van der Waals surface area contributed by atoms with E-state index in [2.05, 4.69) is 0 Å². The SMILES string of the molecule is C[C@H]1CN(C(=O)Cn2c(C(F)(F)F)ccc(C(N)=O)c2=O)C[C@H](C)O1. The van der Waals surface area contributed by atoms with Crippen LogP contribution < -0.4 is 11.3 Å². The third-order valence-corrected chi connectivity index (χ3v) is 3.80. The zero-order chi connectivity index (χ0) is 18.9. The van der Waals surface area contributed by atoms with Gasteiger partial charge in [-0.3, -0.25) is 19.0 Å². The van der Waals surface area contributed by atoms with E-state index in [1.807, 2.05) is 0 Å². The van der Waals surface area contributed by atoms with Crippen LogP contribution in [0.2, 0.25) is 0 Å². The quantitative estimate of drug-likeness (QED) is 0.853. The molecule has 0 saturated carbocycles.